The monoisotopic (exact) mass is 263 g/mol. The highest BCUT2D eigenvalue weighted by atomic mass is 32.2. The highest BCUT2D eigenvalue weighted by Gasteiger charge is 2.33. The van der Waals surface area contributed by atoms with Gasteiger partial charge in [0.15, 0.2) is 0 Å². The summed E-state index contributed by atoms with van der Waals surface area (Å²) in [5.74, 6) is -0.274. The maximum atomic E-state index is 11.9. The van der Waals surface area contributed by atoms with E-state index in [4.69, 9.17) is 0 Å². The Labute approximate surface area is 103 Å². The quantitative estimate of drug-likeness (QED) is 0.753. The third-order valence-corrected chi connectivity index (χ3v) is 4.80. The summed E-state index contributed by atoms with van der Waals surface area (Å²) >= 11 is 0. The first-order chi connectivity index (χ1) is 7.89. The lowest BCUT2D eigenvalue weighted by Crippen LogP contribution is -2.48. The first-order valence-electron chi connectivity index (χ1n) is 5.85. The number of hydrogen-bond donors (Lipinski definition) is 1. The highest BCUT2D eigenvalue weighted by Crippen LogP contribution is 2.20. The van der Waals surface area contributed by atoms with Gasteiger partial charge in [-0.2, -0.15) is 17.0 Å². The van der Waals surface area contributed by atoms with E-state index in [1.165, 1.54) is 22.7 Å². The Kier molecular flexibility index (Phi) is 4.91. The van der Waals surface area contributed by atoms with Crippen LogP contribution < -0.4 is 5.32 Å². The zero-order chi connectivity index (χ0) is 13.1. The lowest BCUT2D eigenvalue weighted by atomic mass is 9.99. The van der Waals surface area contributed by atoms with Gasteiger partial charge in [0, 0.05) is 33.7 Å². The van der Waals surface area contributed by atoms with Crippen LogP contribution in [0.3, 0.4) is 0 Å². The Morgan fingerprint density at radius 2 is 2.12 bits per heavy atom. The third-order valence-electron chi connectivity index (χ3n) is 2.89. The van der Waals surface area contributed by atoms with Crippen molar-refractivity contribution in [2.45, 2.75) is 19.8 Å². The van der Waals surface area contributed by atoms with Crippen molar-refractivity contribution >= 4 is 16.1 Å². The van der Waals surface area contributed by atoms with Crippen LogP contribution in [-0.4, -0.2) is 56.7 Å². The summed E-state index contributed by atoms with van der Waals surface area (Å²) < 4.78 is 26.4. The molecule has 0 aromatic rings. The Balaban J connectivity index is 2.70. The number of rotatable bonds is 4. The number of nitrogens with zero attached hydrogens (tertiary/aromatic N) is 2. The van der Waals surface area contributed by atoms with E-state index in [0.29, 0.717) is 13.1 Å². The van der Waals surface area contributed by atoms with Gasteiger partial charge in [0.25, 0.3) is 10.2 Å². The molecule has 0 aromatic heterocycles. The van der Waals surface area contributed by atoms with Crippen molar-refractivity contribution in [3.63, 3.8) is 0 Å². The van der Waals surface area contributed by atoms with Gasteiger partial charge >= 0.3 is 0 Å². The molecule has 1 aliphatic rings. The number of carbonyl (C=O) groups excluding carboxylic acids is 1. The first-order valence-corrected chi connectivity index (χ1v) is 7.24. The van der Waals surface area contributed by atoms with E-state index in [9.17, 15) is 13.2 Å². The zero-order valence-electron chi connectivity index (χ0n) is 10.6. The average molecular weight is 263 g/mol. The van der Waals surface area contributed by atoms with E-state index in [1.807, 2.05) is 6.92 Å². The first kappa shape index (κ1) is 14.4. The van der Waals surface area contributed by atoms with Crippen molar-refractivity contribution in [2.75, 3.05) is 33.7 Å². The van der Waals surface area contributed by atoms with Gasteiger partial charge in [-0.25, -0.2) is 0 Å². The Morgan fingerprint density at radius 1 is 1.47 bits per heavy atom. The van der Waals surface area contributed by atoms with Crippen LogP contribution in [0.15, 0.2) is 0 Å². The number of piperidine rings is 1. The molecule has 1 aliphatic heterocycles. The largest absolute Gasteiger partial charge is 0.356 e. The van der Waals surface area contributed by atoms with E-state index in [1.54, 1.807) is 0 Å². The molecule has 0 radical (unpaired) electrons. The summed E-state index contributed by atoms with van der Waals surface area (Å²) in [5, 5.41) is 2.74. The highest BCUT2D eigenvalue weighted by molar-refractivity contribution is 7.86. The summed E-state index contributed by atoms with van der Waals surface area (Å²) in [4.78, 5) is 11.7. The van der Waals surface area contributed by atoms with Gasteiger partial charge in [0.05, 0.1) is 5.92 Å². The van der Waals surface area contributed by atoms with Crippen molar-refractivity contribution in [2.24, 2.45) is 5.92 Å². The fourth-order valence-electron chi connectivity index (χ4n) is 1.92. The van der Waals surface area contributed by atoms with Crippen molar-refractivity contribution in [1.82, 2.24) is 13.9 Å². The Hall–Kier alpha value is -0.660. The van der Waals surface area contributed by atoms with E-state index >= 15 is 0 Å². The van der Waals surface area contributed by atoms with Crippen LogP contribution in [0.2, 0.25) is 0 Å². The Bertz CT molecular complexity index is 367. The van der Waals surface area contributed by atoms with Gasteiger partial charge in [-0.3, -0.25) is 4.79 Å². The number of carbonyl (C=O) groups is 1. The molecule has 0 bridgehead atoms. The number of hydrogen-bond acceptors (Lipinski definition) is 3. The second-order valence-corrected chi connectivity index (χ2v) is 6.52. The molecular formula is C10H21N3O3S. The van der Waals surface area contributed by atoms with Crippen LogP contribution in [0.4, 0.5) is 0 Å². The zero-order valence-corrected chi connectivity index (χ0v) is 11.5. The molecule has 1 saturated heterocycles. The lowest BCUT2D eigenvalue weighted by molar-refractivity contribution is -0.125. The SMILES string of the molecule is CCNC(=O)[C@@H]1CCCN(S(=O)(=O)N(C)C)C1. The van der Waals surface area contributed by atoms with Gasteiger partial charge in [-0.1, -0.05) is 0 Å². The third kappa shape index (κ3) is 3.40. The van der Waals surface area contributed by atoms with Gasteiger partial charge in [-0.05, 0) is 19.8 Å². The van der Waals surface area contributed by atoms with Crippen LogP contribution in [0.1, 0.15) is 19.8 Å². The fourth-order valence-corrected chi connectivity index (χ4v) is 3.11. The van der Waals surface area contributed by atoms with Gasteiger partial charge in [0.2, 0.25) is 5.91 Å². The lowest BCUT2D eigenvalue weighted by Gasteiger charge is -2.32. The summed E-state index contributed by atoms with van der Waals surface area (Å²) in [6.07, 6.45) is 1.49. The molecule has 1 N–H and O–H groups in total. The predicted molar refractivity (Wildman–Crippen MR) is 65.6 cm³/mol. The van der Waals surface area contributed by atoms with Gasteiger partial charge in [-0.15, -0.1) is 0 Å². The number of amides is 1. The van der Waals surface area contributed by atoms with Crippen LogP contribution in [0.25, 0.3) is 0 Å². The molecule has 0 unspecified atom stereocenters. The summed E-state index contributed by atoms with van der Waals surface area (Å²) in [5.41, 5.74) is 0. The summed E-state index contributed by atoms with van der Waals surface area (Å²) in [6, 6.07) is 0. The minimum atomic E-state index is -3.39. The molecule has 100 valence electrons. The van der Waals surface area contributed by atoms with Crippen LogP contribution in [0.5, 0.6) is 0 Å². The minimum absolute atomic E-state index is 0.0499. The number of nitrogens with one attached hydrogen (secondary N) is 1. The summed E-state index contributed by atoms with van der Waals surface area (Å²) in [7, 11) is -0.385. The molecule has 1 fully saturated rings. The van der Waals surface area contributed by atoms with Crippen LogP contribution >= 0.6 is 0 Å². The van der Waals surface area contributed by atoms with Gasteiger partial charge in [0.1, 0.15) is 0 Å². The Morgan fingerprint density at radius 3 is 2.65 bits per heavy atom. The molecule has 7 heteroatoms. The second kappa shape index (κ2) is 5.79. The smallest absolute Gasteiger partial charge is 0.281 e. The molecule has 0 spiro atoms. The molecule has 1 rings (SSSR count). The van der Waals surface area contributed by atoms with Crippen molar-refractivity contribution in [3.05, 3.63) is 0 Å². The van der Waals surface area contributed by atoms with E-state index in [-0.39, 0.29) is 18.4 Å². The van der Waals surface area contributed by atoms with E-state index < -0.39 is 10.2 Å². The van der Waals surface area contributed by atoms with Gasteiger partial charge < -0.3 is 5.32 Å². The fraction of sp³-hybridized carbons (Fsp3) is 0.900. The van der Waals surface area contributed by atoms with Crippen LogP contribution in [0, 0.1) is 5.92 Å². The molecule has 17 heavy (non-hydrogen) atoms. The molecule has 1 heterocycles. The molecule has 6 nitrogen and oxygen atoms in total. The van der Waals surface area contributed by atoms with E-state index in [0.717, 1.165) is 12.8 Å². The topological polar surface area (TPSA) is 69.7 Å². The minimum Gasteiger partial charge on any atom is -0.356 e. The normalized spacial score (nSPS) is 22.7. The molecule has 0 aromatic carbocycles. The molecule has 0 saturated carbocycles. The van der Waals surface area contributed by atoms with Crippen LogP contribution in [-0.2, 0) is 15.0 Å². The molecule has 1 amide bonds. The standard InChI is InChI=1S/C10H21N3O3S/c1-4-11-10(14)9-6-5-7-13(8-9)17(15,16)12(2)3/h9H,4-8H2,1-3H3,(H,11,14)/t9-/m1/s1. The van der Waals surface area contributed by atoms with E-state index in [2.05, 4.69) is 5.32 Å². The maximum absolute atomic E-state index is 11.9. The molecular weight excluding hydrogens is 242 g/mol. The predicted octanol–water partition coefficient (Wildman–Crippen LogP) is -0.359. The van der Waals surface area contributed by atoms with Crippen molar-refractivity contribution < 1.29 is 13.2 Å². The second-order valence-electron chi connectivity index (χ2n) is 4.38. The summed E-state index contributed by atoms with van der Waals surface area (Å²) in [6.45, 7) is 3.22. The maximum Gasteiger partial charge on any atom is 0.281 e. The molecule has 1 atom stereocenters. The van der Waals surface area contributed by atoms with Crippen molar-refractivity contribution in [3.8, 4) is 0 Å². The average Bonchev–Trinajstić information content (AvgIpc) is 2.29. The van der Waals surface area contributed by atoms with Crippen molar-refractivity contribution in [1.29, 1.82) is 0 Å². The molecule has 0 aliphatic carbocycles.